The Morgan fingerprint density at radius 2 is 2.07 bits per heavy atom. The lowest BCUT2D eigenvalue weighted by Gasteiger charge is -2.00. The average molecular weight is 217 g/mol. The van der Waals surface area contributed by atoms with Gasteiger partial charge in [0.15, 0.2) is 11.6 Å². The van der Waals surface area contributed by atoms with Gasteiger partial charge in [-0.05, 0) is 12.1 Å². The second-order valence-corrected chi connectivity index (χ2v) is 2.86. The van der Waals surface area contributed by atoms with Gasteiger partial charge in [0.1, 0.15) is 0 Å². The Morgan fingerprint density at radius 3 is 2.71 bits per heavy atom. The van der Waals surface area contributed by atoms with E-state index in [1.165, 1.54) is 6.07 Å². The summed E-state index contributed by atoms with van der Waals surface area (Å²) in [6.07, 6.45) is 1.08. The lowest BCUT2D eigenvalue weighted by Crippen LogP contribution is -1.89. The van der Waals surface area contributed by atoms with Gasteiger partial charge in [0.2, 0.25) is 12.2 Å². The molecule has 2 rings (SSSR count). The first-order chi connectivity index (χ1) is 6.70. The van der Waals surface area contributed by atoms with Crippen molar-refractivity contribution in [2.24, 2.45) is 0 Å². The van der Waals surface area contributed by atoms with Crippen molar-refractivity contribution in [1.29, 1.82) is 0 Å². The van der Waals surface area contributed by atoms with Crippen LogP contribution in [0.4, 0.5) is 8.78 Å². The molecular weight excluding hydrogens is 214 g/mol. The highest BCUT2D eigenvalue weighted by atomic mass is 35.5. The Balaban J connectivity index is 2.61. The number of hydrogen-bond donors (Lipinski definition) is 0. The maximum absolute atomic E-state index is 13.0. The molecule has 72 valence electrons. The summed E-state index contributed by atoms with van der Waals surface area (Å²) in [5.74, 6) is -2.01. The fraction of sp³-hybridized carbons (Fsp3) is 0. The minimum atomic E-state index is -1.12. The van der Waals surface area contributed by atoms with Gasteiger partial charge >= 0.3 is 0 Å². The number of aromatic nitrogens is 2. The van der Waals surface area contributed by atoms with Crippen molar-refractivity contribution >= 4 is 11.6 Å². The first-order valence-electron chi connectivity index (χ1n) is 3.60. The van der Waals surface area contributed by atoms with E-state index in [2.05, 4.69) is 14.7 Å². The summed E-state index contributed by atoms with van der Waals surface area (Å²) in [6.45, 7) is 0. The van der Waals surface area contributed by atoms with E-state index in [-0.39, 0.29) is 16.4 Å². The minimum absolute atomic E-state index is 0.119. The molecule has 1 heterocycles. The summed E-state index contributed by atoms with van der Waals surface area (Å²) < 4.78 is 30.1. The van der Waals surface area contributed by atoms with Gasteiger partial charge < -0.3 is 4.52 Å². The van der Waals surface area contributed by atoms with Gasteiger partial charge in [-0.15, -0.1) is 0 Å². The quantitative estimate of drug-likeness (QED) is 0.688. The van der Waals surface area contributed by atoms with Crippen LogP contribution < -0.4 is 0 Å². The Kier molecular flexibility index (Phi) is 2.17. The van der Waals surface area contributed by atoms with Crippen LogP contribution >= 0.6 is 11.6 Å². The molecule has 0 bridgehead atoms. The van der Waals surface area contributed by atoms with E-state index in [9.17, 15) is 8.78 Å². The molecule has 6 heteroatoms. The molecular formula is C8H3ClF2N2O. The van der Waals surface area contributed by atoms with Gasteiger partial charge in [0.25, 0.3) is 0 Å². The summed E-state index contributed by atoms with van der Waals surface area (Å²) >= 11 is 5.55. The fourth-order valence-electron chi connectivity index (χ4n) is 0.988. The van der Waals surface area contributed by atoms with Gasteiger partial charge in [-0.3, -0.25) is 0 Å². The zero-order chi connectivity index (χ0) is 10.1. The number of benzene rings is 1. The van der Waals surface area contributed by atoms with Crippen LogP contribution in [0.2, 0.25) is 5.02 Å². The van der Waals surface area contributed by atoms with E-state index in [1.807, 2.05) is 0 Å². The highest BCUT2D eigenvalue weighted by Gasteiger charge is 2.15. The third kappa shape index (κ3) is 1.35. The largest absolute Gasteiger partial charge is 0.342 e. The number of halogens is 3. The van der Waals surface area contributed by atoms with Crippen molar-refractivity contribution in [3.8, 4) is 11.4 Å². The molecule has 0 aliphatic heterocycles. The van der Waals surface area contributed by atoms with Gasteiger partial charge in [0.05, 0.1) is 5.02 Å². The van der Waals surface area contributed by atoms with E-state index in [0.717, 1.165) is 12.5 Å². The summed E-state index contributed by atoms with van der Waals surface area (Å²) in [5.41, 5.74) is 0.194. The van der Waals surface area contributed by atoms with Crippen molar-refractivity contribution in [2.75, 3.05) is 0 Å². The number of rotatable bonds is 1. The second-order valence-electron chi connectivity index (χ2n) is 2.48. The normalized spacial score (nSPS) is 10.5. The van der Waals surface area contributed by atoms with Gasteiger partial charge in [-0.2, -0.15) is 4.98 Å². The molecule has 0 unspecified atom stereocenters. The smallest absolute Gasteiger partial charge is 0.214 e. The molecule has 3 nitrogen and oxygen atoms in total. The topological polar surface area (TPSA) is 38.9 Å². The molecule has 1 aromatic carbocycles. The van der Waals surface area contributed by atoms with Gasteiger partial charge in [-0.25, -0.2) is 8.78 Å². The standard InChI is InChI=1S/C8H3ClF2N2O/c9-6-4(8-12-3-14-13-8)1-2-5(10)7(6)11/h1-3H. The molecule has 1 aromatic heterocycles. The van der Waals surface area contributed by atoms with E-state index < -0.39 is 11.6 Å². The lowest BCUT2D eigenvalue weighted by molar-refractivity contribution is 0.418. The van der Waals surface area contributed by atoms with Crippen molar-refractivity contribution in [3.63, 3.8) is 0 Å². The molecule has 0 amide bonds. The molecule has 14 heavy (non-hydrogen) atoms. The number of nitrogens with zero attached hydrogens (tertiary/aromatic N) is 2. The first-order valence-corrected chi connectivity index (χ1v) is 3.98. The maximum atomic E-state index is 13.0. The predicted molar refractivity (Wildman–Crippen MR) is 44.7 cm³/mol. The SMILES string of the molecule is Fc1ccc(-c2ncon2)c(Cl)c1F. The van der Waals surface area contributed by atoms with Crippen LogP contribution in [0.1, 0.15) is 0 Å². The van der Waals surface area contributed by atoms with Crippen molar-refractivity contribution in [2.45, 2.75) is 0 Å². The molecule has 0 atom stereocenters. The summed E-state index contributed by atoms with van der Waals surface area (Å²) in [5, 5.41) is 3.10. The predicted octanol–water partition coefficient (Wildman–Crippen LogP) is 2.67. The minimum Gasteiger partial charge on any atom is -0.342 e. The molecule has 0 aliphatic carbocycles. The Labute approximate surface area is 82.3 Å². The third-order valence-corrected chi connectivity index (χ3v) is 2.01. The number of hydrogen-bond acceptors (Lipinski definition) is 3. The van der Waals surface area contributed by atoms with E-state index in [0.29, 0.717) is 0 Å². The summed E-state index contributed by atoms with van der Waals surface area (Å²) in [4.78, 5) is 3.67. The van der Waals surface area contributed by atoms with Crippen LogP contribution in [0.3, 0.4) is 0 Å². The second kappa shape index (κ2) is 3.34. The molecule has 0 saturated carbocycles. The highest BCUT2D eigenvalue weighted by Crippen LogP contribution is 2.28. The van der Waals surface area contributed by atoms with Crippen molar-refractivity contribution < 1.29 is 13.3 Å². The van der Waals surface area contributed by atoms with Crippen LogP contribution in [0.5, 0.6) is 0 Å². The molecule has 0 fully saturated rings. The van der Waals surface area contributed by atoms with Crippen molar-refractivity contribution in [3.05, 3.63) is 35.2 Å². The van der Waals surface area contributed by atoms with E-state index >= 15 is 0 Å². The first kappa shape index (κ1) is 9.08. The zero-order valence-electron chi connectivity index (χ0n) is 6.67. The van der Waals surface area contributed by atoms with Gasteiger partial charge in [0, 0.05) is 5.56 Å². The van der Waals surface area contributed by atoms with Crippen LogP contribution in [0.25, 0.3) is 11.4 Å². The van der Waals surface area contributed by atoms with Crippen molar-refractivity contribution in [1.82, 2.24) is 10.1 Å². The Bertz CT molecular complexity index is 459. The maximum Gasteiger partial charge on any atom is 0.214 e. The van der Waals surface area contributed by atoms with E-state index in [1.54, 1.807) is 0 Å². The Hall–Kier alpha value is -1.49. The highest BCUT2D eigenvalue weighted by molar-refractivity contribution is 6.33. The fourth-order valence-corrected chi connectivity index (χ4v) is 1.23. The zero-order valence-corrected chi connectivity index (χ0v) is 7.42. The van der Waals surface area contributed by atoms with Crippen LogP contribution in [0.15, 0.2) is 23.0 Å². The monoisotopic (exact) mass is 216 g/mol. The van der Waals surface area contributed by atoms with Crippen LogP contribution in [-0.2, 0) is 0 Å². The third-order valence-electron chi connectivity index (χ3n) is 1.64. The molecule has 0 radical (unpaired) electrons. The van der Waals surface area contributed by atoms with E-state index in [4.69, 9.17) is 11.6 Å². The Morgan fingerprint density at radius 1 is 1.29 bits per heavy atom. The molecule has 0 saturated heterocycles. The van der Waals surface area contributed by atoms with Gasteiger partial charge in [-0.1, -0.05) is 16.8 Å². The molecule has 0 N–H and O–H groups in total. The van der Waals surface area contributed by atoms with Crippen LogP contribution in [-0.4, -0.2) is 10.1 Å². The van der Waals surface area contributed by atoms with Crippen LogP contribution in [0, 0.1) is 11.6 Å². The lowest BCUT2D eigenvalue weighted by atomic mass is 10.2. The average Bonchev–Trinajstić information content (AvgIpc) is 2.67. The molecule has 0 spiro atoms. The molecule has 2 aromatic rings. The summed E-state index contributed by atoms with van der Waals surface area (Å²) in [7, 11) is 0. The summed E-state index contributed by atoms with van der Waals surface area (Å²) in [6, 6.07) is 2.23. The molecule has 0 aliphatic rings.